The molecule has 1 N–H and O–H groups in total. The minimum Gasteiger partial charge on any atom is -0.497 e. The summed E-state index contributed by atoms with van der Waals surface area (Å²) in [5, 5.41) is 2.35. The smallest absolute Gasteiger partial charge is 0.418 e. The summed E-state index contributed by atoms with van der Waals surface area (Å²) in [6.45, 7) is 1.79. The molecule has 2 amide bonds. The number of methoxy groups -OCH3 is 2. The zero-order valence-corrected chi connectivity index (χ0v) is 19.2. The number of hydrogen-bond acceptors (Lipinski definition) is 5. The van der Waals surface area contributed by atoms with Gasteiger partial charge in [0.25, 0.3) is 0 Å². The normalized spacial score (nSPS) is 14.6. The molecule has 0 spiro atoms. The molecule has 10 heteroatoms. The first-order valence-electron chi connectivity index (χ1n) is 10.9. The van der Waals surface area contributed by atoms with Crippen molar-refractivity contribution in [3.63, 3.8) is 0 Å². The van der Waals surface area contributed by atoms with E-state index in [9.17, 15) is 22.8 Å². The maximum absolute atomic E-state index is 13.1. The van der Waals surface area contributed by atoms with Crippen LogP contribution in [0, 0.1) is 0 Å². The highest BCUT2D eigenvalue weighted by Gasteiger charge is 2.33. The molecule has 0 aromatic heterocycles. The molecule has 1 fully saturated rings. The quantitative estimate of drug-likeness (QED) is 0.628. The van der Waals surface area contributed by atoms with Crippen LogP contribution in [0.1, 0.15) is 17.5 Å². The van der Waals surface area contributed by atoms with E-state index in [2.05, 4.69) is 5.32 Å². The van der Waals surface area contributed by atoms with Gasteiger partial charge in [-0.1, -0.05) is 12.1 Å². The van der Waals surface area contributed by atoms with Crippen LogP contribution in [0.25, 0.3) is 0 Å². The molecule has 1 aliphatic rings. The van der Waals surface area contributed by atoms with E-state index in [4.69, 9.17) is 9.47 Å². The number of anilines is 1. The number of aryl methyl sites for hydroxylation is 1. The van der Waals surface area contributed by atoms with Crippen LogP contribution in [0.3, 0.4) is 0 Å². The number of hydrogen-bond donors (Lipinski definition) is 1. The van der Waals surface area contributed by atoms with Gasteiger partial charge >= 0.3 is 6.18 Å². The molecule has 0 saturated carbocycles. The molecule has 0 unspecified atom stereocenters. The summed E-state index contributed by atoms with van der Waals surface area (Å²) in [6.07, 6.45) is -3.69. The molecule has 7 nitrogen and oxygen atoms in total. The lowest BCUT2D eigenvalue weighted by atomic mass is 10.1. The molecule has 1 aliphatic heterocycles. The third kappa shape index (κ3) is 6.86. The Kier molecular flexibility index (Phi) is 8.38. The van der Waals surface area contributed by atoms with Crippen LogP contribution in [0.5, 0.6) is 11.5 Å². The van der Waals surface area contributed by atoms with Gasteiger partial charge in [0.1, 0.15) is 11.5 Å². The summed E-state index contributed by atoms with van der Waals surface area (Å²) >= 11 is 0. The monoisotopic (exact) mass is 479 g/mol. The van der Waals surface area contributed by atoms with Crippen molar-refractivity contribution in [1.82, 2.24) is 9.80 Å². The second-order valence-corrected chi connectivity index (χ2v) is 7.97. The molecule has 2 aromatic carbocycles. The Balaban J connectivity index is 1.46. The van der Waals surface area contributed by atoms with E-state index >= 15 is 0 Å². The second-order valence-electron chi connectivity index (χ2n) is 7.97. The van der Waals surface area contributed by atoms with E-state index in [1.165, 1.54) is 18.2 Å². The van der Waals surface area contributed by atoms with Gasteiger partial charge in [-0.3, -0.25) is 14.5 Å². The molecule has 34 heavy (non-hydrogen) atoms. The molecular formula is C24H28F3N3O4. The molecule has 0 atom stereocenters. The van der Waals surface area contributed by atoms with Gasteiger partial charge < -0.3 is 19.7 Å². The van der Waals surface area contributed by atoms with Crippen LogP contribution >= 0.6 is 0 Å². The molecular weight excluding hydrogens is 451 g/mol. The fourth-order valence-electron chi connectivity index (χ4n) is 3.81. The molecule has 0 aliphatic carbocycles. The van der Waals surface area contributed by atoms with Crippen molar-refractivity contribution in [2.24, 2.45) is 0 Å². The van der Waals surface area contributed by atoms with E-state index in [1.807, 2.05) is 17.0 Å². The Bertz CT molecular complexity index is 983. The van der Waals surface area contributed by atoms with Crippen LogP contribution in [0.2, 0.25) is 0 Å². The average molecular weight is 479 g/mol. The minimum absolute atomic E-state index is 0.00462. The van der Waals surface area contributed by atoms with Crippen LogP contribution < -0.4 is 14.8 Å². The van der Waals surface area contributed by atoms with Crippen molar-refractivity contribution in [2.45, 2.75) is 19.0 Å². The lowest BCUT2D eigenvalue weighted by Crippen LogP contribution is -2.50. The molecule has 0 bridgehead atoms. The number of amides is 2. The van der Waals surface area contributed by atoms with Crippen LogP contribution in [-0.4, -0.2) is 68.6 Å². The maximum atomic E-state index is 13.1. The van der Waals surface area contributed by atoms with Gasteiger partial charge in [0.05, 0.1) is 32.0 Å². The summed E-state index contributed by atoms with van der Waals surface area (Å²) in [6, 6.07) is 10.4. The molecule has 1 saturated heterocycles. The van der Waals surface area contributed by atoms with Gasteiger partial charge in [0, 0.05) is 38.7 Å². The first-order valence-corrected chi connectivity index (χ1v) is 10.9. The van der Waals surface area contributed by atoms with Crippen molar-refractivity contribution >= 4 is 17.5 Å². The zero-order chi connectivity index (χ0) is 24.7. The standard InChI is InChI=1S/C24H28F3N3O4/c1-33-18-13-17(14-19(15-18)34-2)7-8-23(32)30-11-9-29(10-12-30)16-22(31)28-21-6-4-3-5-20(21)24(25,26)27/h3-6,13-15H,7-12,16H2,1-2H3,(H,28,31). The lowest BCUT2D eigenvalue weighted by Gasteiger charge is -2.34. The SMILES string of the molecule is COc1cc(CCC(=O)N2CCN(CC(=O)Nc3ccccc3C(F)(F)F)CC2)cc(OC)c1. The van der Waals surface area contributed by atoms with Gasteiger partial charge in [0.2, 0.25) is 11.8 Å². The number of alkyl halides is 3. The zero-order valence-electron chi connectivity index (χ0n) is 19.2. The predicted octanol–water partition coefficient (Wildman–Crippen LogP) is 3.44. The van der Waals surface area contributed by atoms with Gasteiger partial charge in [-0.25, -0.2) is 0 Å². The van der Waals surface area contributed by atoms with E-state index in [-0.39, 0.29) is 18.1 Å². The number of carbonyl (C=O) groups excluding carboxylic acids is 2. The summed E-state index contributed by atoms with van der Waals surface area (Å²) in [4.78, 5) is 28.5. The molecule has 0 radical (unpaired) electrons. The first-order chi connectivity index (χ1) is 16.2. The Morgan fingerprint density at radius 3 is 2.18 bits per heavy atom. The minimum atomic E-state index is -4.55. The second kappa shape index (κ2) is 11.2. The highest BCUT2D eigenvalue weighted by Crippen LogP contribution is 2.34. The van der Waals surface area contributed by atoms with Crippen molar-refractivity contribution in [1.29, 1.82) is 0 Å². The number of benzene rings is 2. The Morgan fingerprint density at radius 2 is 1.59 bits per heavy atom. The highest BCUT2D eigenvalue weighted by atomic mass is 19.4. The Morgan fingerprint density at radius 1 is 0.971 bits per heavy atom. The number of para-hydroxylation sites is 1. The first kappa shape index (κ1) is 25.4. The molecule has 184 valence electrons. The van der Waals surface area contributed by atoms with Crippen molar-refractivity contribution in [3.05, 3.63) is 53.6 Å². The number of nitrogens with one attached hydrogen (secondary N) is 1. The largest absolute Gasteiger partial charge is 0.497 e. The Hall–Kier alpha value is -3.27. The fraction of sp³-hybridized carbons (Fsp3) is 0.417. The molecule has 3 rings (SSSR count). The summed E-state index contributed by atoms with van der Waals surface area (Å²) in [7, 11) is 3.14. The van der Waals surface area contributed by atoms with Gasteiger partial charge in [-0.2, -0.15) is 13.2 Å². The number of halogens is 3. The third-order valence-electron chi connectivity index (χ3n) is 5.64. The number of rotatable bonds is 8. The highest BCUT2D eigenvalue weighted by molar-refractivity contribution is 5.93. The number of piperazine rings is 1. The van der Waals surface area contributed by atoms with Crippen molar-refractivity contribution < 1.29 is 32.2 Å². The van der Waals surface area contributed by atoms with Crippen LogP contribution in [-0.2, 0) is 22.2 Å². The number of nitrogens with zero attached hydrogens (tertiary/aromatic N) is 2. The van der Waals surface area contributed by atoms with Crippen LogP contribution in [0.15, 0.2) is 42.5 Å². The van der Waals surface area contributed by atoms with E-state index < -0.39 is 17.6 Å². The van der Waals surface area contributed by atoms with Gasteiger partial charge in [0.15, 0.2) is 0 Å². The van der Waals surface area contributed by atoms with Gasteiger partial charge in [-0.15, -0.1) is 0 Å². The predicted molar refractivity (Wildman–Crippen MR) is 121 cm³/mol. The summed E-state index contributed by atoms with van der Waals surface area (Å²) < 4.78 is 49.8. The van der Waals surface area contributed by atoms with E-state index in [0.29, 0.717) is 50.5 Å². The Labute approximate surface area is 196 Å². The molecule has 1 heterocycles. The fourth-order valence-corrected chi connectivity index (χ4v) is 3.81. The number of carbonyl (C=O) groups is 2. The average Bonchev–Trinajstić information content (AvgIpc) is 2.82. The van der Waals surface area contributed by atoms with Gasteiger partial charge in [-0.05, 0) is 36.2 Å². The van der Waals surface area contributed by atoms with Crippen LogP contribution in [0.4, 0.5) is 18.9 Å². The van der Waals surface area contributed by atoms with E-state index in [0.717, 1.165) is 11.6 Å². The maximum Gasteiger partial charge on any atom is 0.418 e. The topological polar surface area (TPSA) is 71.1 Å². The summed E-state index contributed by atoms with van der Waals surface area (Å²) in [5.41, 5.74) is -0.214. The summed E-state index contributed by atoms with van der Waals surface area (Å²) in [5.74, 6) is 0.798. The number of ether oxygens (including phenoxy) is 2. The third-order valence-corrected chi connectivity index (χ3v) is 5.64. The van der Waals surface area contributed by atoms with Crippen molar-refractivity contribution in [2.75, 3.05) is 52.3 Å². The van der Waals surface area contributed by atoms with Crippen molar-refractivity contribution in [3.8, 4) is 11.5 Å². The van der Waals surface area contributed by atoms with E-state index in [1.54, 1.807) is 25.2 Å². The molecule has 2 aromatic rings. The lowest BCUT2D eigenvalue weighted by molar-refractivity contribution is -0.137.